The summed E-state index contributed by atoms with van der Waals surface area (Å²) in [5.74, 6) is -1.94. The summed E-state index contributed by atoms with van der Waals surface area (Å²) in [6.07, 6.45) is 0.638. The highest BCUT2D eigenvalue weighted by atomic mass is 16.5. The number of nitrogens with one attached hydrogen (secondary N) is 2. The molecule has 1 aromatic rings. The van der Waals surface area contributed by atoms with Crippen LogP contribution in [0, 0.1) is 0 Å². The largest absolute Gasteiger partial charge is 0.465 e. The van der Waals surface area contributed by atoms with Gasteiger partial charge >= 0.3 is 11.9 Å². The number of carbonyl (C=O) groups excluding carboxylic acids is 4. The van der Waals surface area contributed by atoms with Crippen LogP contribution in [0.4, 0.5) is 5.69 Å². The number of carbonyl (C=O) groups is 4. The van der Waals surface area contributed by atoms with Crippen LogP contribution >= 0.6 is 0 Å². The predicted molar refractivity (Wildman–Crippen MR) is 78.9 cm³/mol. The number of amides is 2. The van der Waals surface area contributed by atoms with E-state index in [1.807, 2.05) is 0 Å². The molecule has 1 aliphatic rings. The third-order valence-electron chi connectivity index (χ3n) is 3.42. The molecule has 0 bridgehead atoms. The molecule has 122 valence electrons. The maximum Gasteiger partial charge on any atom is 0.339 e. The Morgan fingerprint density at radius 2 is 1.87 bits per heavy atom. The summed E-state index contributed by atoms with van der Waals surface area (Å²) in [5, 5.41) is 5.07. The van der Waals surface area contributed by atoms with Gasteiger partial charge in [0.05, 0.1) is 31.0 Å². The van der Waals surface area contributed by atoms with Crippen molar-refractivity contribution in [1.29, 1.82) is 0 Å². The van der Waals surface area contributed by atoms with Gasteiger partial charge in [-0.25, -0.2) is 9.59 Å². The molecule has 0 spiro atoms. The van der Waals surface area contributed by atoms with Crippen molar-refractivity contribution in [3.8, 4) is 0 Å². The zero-order chi connectivity index (χ0) is 17.0. The molecule has 2 rings (SSSR count). The summed E-state index contributed by atoms with van der Waals surface area (Å²) in [7, 11) is 2.43. The standard InChI is InChI=1S/C15H16N2O6/c1-22-14(20)8-3-4-9(15(21)23-2)11(7-8)17-13(19)10-5-6-12(18)16-10/h3-4,7,10H,5-6H2,1-2H3,(H,16,18)(H,17,19). The first-order valence-corrected chi connectivity index (χ1v) is 6.87. The molecule has 2 N–H and O–H groups in total. The summed E-state index contributed by atoms with van der Waals surface area (Å²) >= 11 is 0. The average molecular weight is 320 g/mol. The number of rotatable bonds is 4. The minimum Gasteiger partial charge on any atom is -0.465 e. The normalized spacial score (nSPS) is 16.4. The highest BCUT2D eigenvalue weighted by molar-refractivity contribution is 6.05. The van der Waals surface area contributed by atoms with Crippen LogP contribution in [0.2, 0.25) is 0 Å². The van der Waals surface area contributed by atoms with Gasteiger partial charge in [0.15, 0.2) is 0 Å². The third kappa shape index (κ3) is 3.65. The first-order chi connectivity index (χ1) is 11.0. The van der Waals surface area contributed by atoms with Crippen LogP contribution in [0.25, 0.3) is 0 Å². The Hall–Kier alpha value is -2.90. The molecule has 1 unspecified atom stereocenters. The molecule has 0 aliphatic carbocycles. The van der Waals surface area contributed by atoms with Gasteiger partial charge in [-0.1, -0.05) is 0 Å². The van der Waals surface area contributed by atoms with Crippen LogP contribution in [0.3, 0.4) is 0 Å². The lowest BCUT2D eigenvalue weighted by molar-refractivity contribution is -0.122. The minimum absolute atomic E-state index is 0.0952. The van der Waals surface area contributed by atoms with Crippen molar-refractivity contribution >= 4 is 29.4 Å². The lowest BCUT2D eigenvalue weighted by atomic mass is 10.1. The molecule has 1 fully saturated rings. The van der Waals surface area contributed by atoms with Crippen LogP contribution in [-0.4, -0.2) is 44.0 Å². The van der Waals surface area contributed by atoms with E-state index in [0.29, 0.717) is 6.42 Å². The molecular weight excluding hydrogens is 304 g/mol. The summed E-state index contributed by atoms with van der Waals surface area (Å²) in [4.78, 5) is 46.7. The molecule has 8 nitrogen and oxygen atoms in total. The van der Waals surface area contributed by atoms with Gasteiger partial charge in [0.1, 0.15) is 6.04 Å². The maximum atomic E-state index is 12.2. The van der Waals surface area contributed by atoms with Gasteiger partial charge in [-0.15, -0.1) is 0 Å². The van der Waals surface area contributed by atoms with Gasteiger partial charge in [0, 0.05) is 6.42 Å². The van der Waals surface area contributed by atoms with Crippen LogP contribution in [-0.2, 0) is 19.1 Å². The van der Waals surface area contributed by atoms with Gasteiger partial charge < -0.3 is 20.1 Å². The van der Waals surface area contributed by atoms with Crippen LogP contribution < -0.4 is 10.6 Å². The number of hydrogen-bond donors (Lipinski definition) is 2. The molecule has 0 saturated carbocycles. The zero-order valence-electron chi connectivity index (χ0n) is 12.7. The second-order valence-electron chi connectivity index (χ2n) is 4.89. The molecule has 0 aromatic heterocycles. The number of benzene rings is 1. The van der Waals surface area contributed by atoms with E-state index in [1.165, 1.54) is 32.4 Å². The minimum atomic E-state index is -0.672. The third-order valence-corrected chi connectivity index (χ3v) is 3.42. The lowest BCUT2D eigenvalue weighted by Gasteiger charge is -2.14. The number of hydrogen-bond acceptors (Lipinski definition) is 6. The summed E-state index contributed by atoms with van der Waals surface area (Å²) in [6.45, 7) is 0. The predicted octanol–water partition coefficient (Wildman–Crippen LogP) is 0.477. The van der Waals surface area contributed by atoms with Crippen molar-refractivity contribution < 1.29 is 28.7 Å². The Bertz CT molecular complexity index is 670. The summed E-state index contributed by atoms with van der Waals surface area (Å²) in [5.41, 5.74) is 0.384. The van der Waals surface area contributed by atoms with Crippen molar-refractivity contribution in [3.05, 3.63) is 29.3 Å². The van der Waals surface area contributed by atoms with Gasteiger partial charge in [-0.2, -0.15) is 0 Å². The van der Waals surface area contributed by atoms with E-state index in [-0.39, 0.29) is 29.1 Å². The van der Waals surface area contributed by atoms with E-state index in [9.17, 15) is 19.2 Å². The summed E-state index contributed by atoms with van der Waals surface area (Å²) in [6, 6.07) is 3.41. The van der Waals surface area contributed by atoms with Crippen molar-refractivity contribution in [2.45, 2.75) is 18.9 Å². The SMILES string of the molecule is COC(=O)c1ccc(C(=O)OC)c(NC(=O)C2CCC(=O)N2)c1. The number of anilines is 1. The Labute approximate surface area is 132 Å². The van der Waals surface area contributed by atoms with Crippen LogP contribution in [0.1, 0.15) is 33.6 Å². The molecule has 0 radical (unpaired) electrons. The van der Waals surface area contributed by atoms with Crippen molar-refractivity contribution in [2.24, 2.45) is 0 Å². The Kier molecular flexibility index (Phi) is 4.95. The molecule has 1 saturated heterocycles. The summed E-state index contributed by atoms with van der Waals surface area (Å²) < 4.78 is 9.26. The topological polar surface area (TPSA) is 111 Å². The molecule has 1 aromatic carbocycles. The highest BCUT2D eigenvalue weighted by Crippen LogP contribution is 2.21. The number of methoxy groups -OCH3 is 2. The molecule has 1 atom stereocenters. The maximum absolute atomic E-state index is 12.2. The van der Waals surface area contributed by atoms with E-state index in [2.05, 4.69) is 20.1 Å². The Morgan fingerprint density at radius 1 is 1.17 bits per heavy atom. The van der Waals surface area contributed by atoms with E-state index in [1.54, 1.807) is 0 Å². The molecule has 2 amide bonds. The fourth-order valence-electron chi connectivity index (χ4n) is 2.21. The molecule has 1 heterocycles. The smallest absolute Gasteiger partial charge is 0.339 e. The van der Waals surface area contributed by atoms with Gasteiger partial charge in [0.25, 0.3) is 0 Å². The van der Waals surface area contributed by atoms with Gasteiger partial charge in [0.2, 0.25) is 11.8 Å². The second-order valence-corrected chi connectivity index (χ2v) is 4.89. The van der Waals surface area contributed by atoms with Crippen molar-refractivity contribution in [3.63, 3.8) is 0 Å². The van der Waals surface area contributed by atoms with E-state index >= 15 is 0 Å². The number of esters is 2. The Morgan fingerprint density at radius 3 is 2.43 bits per heavy atom. The monoisotopic (exact) mass is 320 g/mol. The Balaban J connectivity index is 2.29. The van der Waals surface area contributed by atoms with Crippen LogP contribution in [0.5, 0.6) is 0 Å². The second kappa shape index (κ2) is 6.91. The fraction of sp³-hybridized carbons (Fsp3) is 0.333. The van der Waals surface area contributed by atoms with E-state index < -0.39 is 23.9 Å². The highest BCUT2D eigenvalue weighted by Gasteiger charge is 2.28. The fourth-order valence-corrected chi connectivity index (χ4v) is 2.21. The molecule has 8 heteroatoms. The van der Waals surface area contributed by atoms with E-state index in [4.69, 9.17) is 0 Å². The molecular formula is C15H16N2O6. The van der Waals surface area contributed by atoms with Crippen molar-refractivity contribution in [1.82, 2.24) is 5.32 Å². The first-order valence-electron chi connectivity index (χ1n) is 6.87. The van der Waals surface area contributed by atoms with Gasteiger partial charge in [-0.3, -0.25) is 9.59 Å². The van der Waals surface area contributed by atoms with Crippen molar-refractivity contribution in [2.75, 3.05) is 19.5 Å². The lowest BCUT2D eigenvalue weighted by Crippen LogP contribution is -2.37. The molecule has 23 heavy (non-hydrogen) atoms. The van der Waals surface area contributed by atoms with Gasteiger partial charge in [-0.05, 0) is 24.6 Å². The van der Waals surface area contributed by atoms with Crippen LogP contribution in [0.15, 0.2) is 18.2 Å². The quantitative estimate of drug-likeness (QED) is 0.781. The average Bonchev–Trinajstić information content (AvgIpc) is 3.00. The first kappa shape index (κ1) is 16.5. The number of ether oxygens (including phenoxy) is 2. The zero-order valence-corrected chi connectivity index (χ0v) is 12.7. The van der Waals surface area contributed by atoms with E-state index in [0.717, 1.165) is 0 Å². The molecule has 1 aliphatic heterocycles.